The number of sulfonamides is 1. The molecular weight excluding hydrogens is 412 g/mol. The van der Waals surface area contributed by atoms with E-state index in [9.17, 15) is 8.42 Å². The maximum Gasteiger partial charge on any atom is 0.243 e. The summed E-state index contributed by atoms with van der Waals surface area (Å²) in [5.41, 5.74) is 2.87. The van der Waals surface area contributed by atoms with Crippen LogP contribution in [0.3, 0.4) is 0 Å². The molecule has 168 valence electrons. The van der Waals surface area contributed by atoms with Gasteiger partial charge in [0.1, 0.15) is 11.3 Å². The number of ether oxygens (including phenoxy) is 1. The predicted molar refractivity (Wildman–Crippen MR) is 122 cm³/mol. The van der Waals surface area contributed by atoms with Crippen LogP contribution >= 0.6 is 0 Å². The highest BCUT2D eigenvalue weighted by molar-refractivity contribution is 7.89. The molecule has 0 saturated carbocycles. The van der Waals surface area contributed by atoms with Gasteiger partial charge in [-0.25, -0.2) is 13.4 Å². The maximum absolute atomic E-state index is 13.2. The molecule has 0 amide bonds. The third kappa shape index (κ3) is 5.31. The molecule has 3 rings (SSSR count). The van der Waals surface area contributed by atoms with E-state index in [0.717, 1.165) is 28.8 Å². The summed E-state index contributed by atoms with van der Waals surface area (Å²) in [6.07, 6.45) is 4.25. The number of pyridine rings is 1. The zero-order chi connectivity index (χ0) is 22.6. The van der Waals surface area contributed by atoms with Gasteiger partial charge < -0.3 is 9.30 Å². The highest BCUT2D eigenvalue weighted by atomic mass is 32.2. The molecule has 8 heteroatoms. The molecule has 0 aliphatic rings. The number of imidazole rings is 1. The molecule has 7 nitrogen and oxygen atoms in total. The summed E-state index contributed by atoms with van der Waals surface area (Å²) < 4.78 is 35.6. The molecule has 0 aliphatic heterocycles. The van der Waals surface area contributed by atoms with Crippen molar-refractivity contribution in [2.45, 2.75) is 51.6 Å². The third-order valence-corrected chi connectivity index (χ3v) is 7.38. The largest absolute Gasteiger partial charge is 0.380 e. The summed E-state index contributed by atoms with van der Waals surface area (Å²) >= 11 is 0. The van der Waals surface area contributed by atoms with Crippen molar-refractivity contribution in [1.82, 2.24) is 18.8 Å². The van der Waals surface area contributed by atoms with Crippen molar-refractivity contribution in [3.63, 3.8) is 0 Å². The first-order valence-corrected chi connectivity index (χ1v) is 12.1. The second-order valence-corrected chi connectivity index (χ2v) is 10.2. The van der Waals surface area contributed by atoms with E-state index in [1.165, 1.54) is 4.31 Å². The van der Waals surface area contributed by atoms with Crippen LogP contribution in [0.5, 0.6) is 0 Å². The second-order valence-electron chi connectivity index (χ2n) is 8.22. The Morgan fingerprint density at radius 2 is 1.87 bits per heavy atom. The van der Waals surface area contributed by atoms with E-state index in [1.807, 2.05) is 32.0 Å². The van der Waals surface area contributed by atoms with E-state index < -0.39 is 10.0 Å². The average Bonchev–Trinajstić information content (AvgIpc) is 3.06. The highest BCUT2D eigenvalue weighted by Crippen LogP contribution is 2.22. The number of aryl methyl sites for hydroxylation is 1. The van der Waals surface area contributed by atoms with Crippen LogP contribution in [0.4, 0.5) is 0 Å². The maximum atomic E-state index is 13.2. The molecule has 1 atom stereocenters. The Hall–Kier alpha value is -2.29. The van der Waals surface area contributed by atoms with Gasteiger partial charge >= 0.3 is 0 Å². The van der Waals surface area contributed by atoms with Crippen molar-refractivity contribution in [3.8, 4) is 0 Å². The lowest BCUT2D eigenvalue weighted by Gasteiger charge is -2.28. The molecule has 1 aromatic carbocycles. The second kappa shape index (κ2) is 9.89. The first-order valence-electron chi connectivity index (χ1n) is 10.7. The topological polar surface area (TPSA) is 77.3 Å². The molecule has 0 bridgehead atoms. The molecule has 31 heavy (non-hydrogen) atoms. The number of rotatable bonds is 10. The van der Waals surface area contributed by atoms with Crippen LogP contribution in [-0.4, -0.2) is 53.6 Å². The Morgan fingerprint density at radius 3 is 2.52 bits per heavy atom. The normalized spacial score (nSPS) is 13.4. The van der Waals surface area contributed by atoms with Gasteiger partial charge in [0.05, 0.1) is 23.2 Å². The van der Waals surface area contributed by atoms with Gasteiger partial charge in [0, 0.05) is 32.4 Å². The van der Waals surface area contributed by atoms with Crippen molar-refractivity contribution in [1.29, 1.82) is 0 Å². The fourth-order valence-electron chi connectivity index (χ4n) is 3.73. The van der Waals surface area contributed by atoms with Gasteiger partial charge in [-0.05, 0) is 49.9 Å². The summed E-state index contributed by atoms with van der Waals surface area (Å²) in [7, 11) is -1.97. The quantitative estimate of drug-likeness (QED) is 0.475. The molecular formula is C23H32N4O3S. The molecule has 0 aliphatic carbocycles. The summed E-state index contributed by atoms with van der Waals surface area (Å²) in [5, 5.41) is 0. The Bertz CT molecular complexity index is 1110. The lowest BCUT2D eigenvalue weighted by Crippen LogP contribution is -2.41. The minimum atomic E-state index is -3.61. The van der Waals surface area contributed by atoms with E-state index in [4.69, 9.17) is 4.74 Å². The lowest BCUT2D eigenvalue weighted by molar-refractivity contribution is 0.0954. The van der Waals surface area contributed by atoms with Gasteiger partial charge in [0.25, 0.3) is 0 Å². The summed E-state index contributed by atoms with van der Waals surface area (Å²) in [5.74, 6) is 1.26. The number of hydrogen-bond acceptors (Lipinski definition) is 5. The monoisotopic (exact) mass is 444 g/mol. The van der Waals surface area contributed by atoms with Gasteiger partial charge in [-0.15, -0.1) is 0 Å². The van der Waals surface area contributed by atoms with Crippen LogP contribution in [0.1, 0.15) is 38.6 Å². The van der Waals surface area contributed by atoms with Crippen molar-refractivity contribution in [2.24, 2.45) is 5.92 Å². The summed E-state index contributed by atoms with van der Waals surface area (Å²) in [6.45, 7) is 9.63. The van der Waals surface area contributed by atoms with Crippen LogP contribution in [0.25, 0.3) is 11.0 Å². The first-order chi connectivity index (χ1) is 14.7. The SMILES string of the molecule is CCOC[C@H](CC(C)C)N(C)S(=O)(=O)c1ccc(Cn2c(C)nc3cnccc32)cc1. The van der Waals surface area contributed by atoms with E-state index in [-0.39, 0.29) is 6.04 Å². The Labute approximate surface area is 185 Å². The number of hydrogen-bond donors (Lipinski definition) is 0. The van der Waals surface area contributed by atoms with E-state index in [1.54, 1.807) is 31.6 Å². The Morgan fingerprint density at radius 1 is 1.16 bits per heavy atom. The van der Waals surface area contributed by atoms with Crippen LogP contribution in [-0.2, 0) is 21.3 Å². The van der Waals surface area contributed by atoms with Crippen molar-refractivity contribution < 1.29 is 13.2 Å². The molecule has 0 saturated heterocycles. The molecule has 2 aromatic heterocycles. The number of fused-ring (bicyclic) bond motifs is 1. The number of nitrogens with zero attached hydrogens (tertiary/aromatic N) is 4. The number of likely N-dealkylation sites (N-methyl/N-ethyl adjacent to an activating group) is 1. The number of aromatic nitrogens is 3. The Balaban J connectivity index is 1.81. The average molecular weight is 445 g/mol. The fourth-order valence-corrected chi connectivity index (χ4v) is 5.09. The zero-order valence-electron chi connectivity index (χ0n) is 18.9. The van der Waals surface area contributed by atoms with Gasteiger partial charge in [-0.1, -0.05) is 26.0 Å². The minimum absolute atomic E-state index is 0.196. The van der Waals surface area contributed by atoms with E-state index in [0.29, 0.717) is 30.6 Å². The molecule has 0 fully saturated rings. The zero-order valence-corrected chi connectivity index (χ0v) is 19.8. The van der Waals surface area contributed by atoms with Gasteiger partial charge in [0.2, 0.25) is 10.0 Å². The van der Waals surface area contributed by atoms with Crippen LogP contribution in [0.15, 0.2) is 47.6 Å². The van der Waals surface area contributed by atoms with E-state index in [2.05, 4.69) is 28.4 Å². The first kappa shape index (κ1) is 23.4. The molecule has 0 spiro atoms. The van der Waals surface area contributed by atoms with E-state index >= 15 is 0 Å². The van der Waals surface area contributed by atoms with Gasteiger partial charge in [-0.3, -0.25) is 4.98 Å². The molecule has 2 heterocycles. The fraction of sp³-hybridized carbons (Fsp3) is 0.478. The van der Waals surface area contributed by atoms with Crippen LogP contribution < -0.4 is 0 Å². The van der Waals surface area contributed by atoms with Crippen molar-refractivity contribution in [3.05, 3.63) is 54.1 Å². The Kier molecular flexibility index (Phi) is 7.46. The third-order valence-electron chi connectivity index (χ3n) is 5.45. The smallest absolute Gasteiger partial charge is 0.243 e. The number of benzene rings is 1. The summed E-state index contributed by atoms with van der Waals surface area (Å²) in [6, 6.07) is 8.85. The standard InChI is InChI=1S/C23H32N4O3S/c1-6-30-16-20(13-17(2)3)26(5)31(28,29)21-9-7-19(8-10-21)15-27-18(4)25-22-14-24-12-11-23(22)27/h7-12,14,17,20H,6,13,15-16H2,1-5H3/t20-/m0/s1. The van der Waals surface area contributed by atoms with Crippen molar-refractivity contribution in [2.75, 3.05) is 20.3 Å². The molecule has 0 unspecified atom stereocenters. The lowest BCUT2D eigenvalue weighted by atomic mass is 10.0. The van der Waals surface area contributed by atoms with Crippen LogP contribution in [0, 0.1) is 12.8 Å². The van der Waals surface area contributed by atoms with Crippen LogP contribution in [0.2, 0.25) is 0 Å². The van der Waals surface area contributed by atoms with Crippen molar-refractivity contribution >= 4 is 21.1 Å². The predicted octanol–water partition coefficient (Wildman–Crippen LogP) is 3.86. The van der Waals surface area contributed by atoms with Gasteiger partial charge in [-0.2, -0.15) is 4.31 Å². The van der Waals surface area contributed by atoms with Gasteiger partial charge in [0.15, 0.2) is 0 Å². The highest BCUT2D eigenvalue weighted by Gasteiger charge is 2.28. The minimum Gasteiger partial charge on any atom is -0.380 e. The molecule has 0 radical (unpaired) electrons. The summed E-state index contributed by atoms with van der Waals surface area (Å²) in [4.78, 5) is 8.96. The molecule has 0 N–H and O–H groups in total. The molecule has 3 aromatic rings.